The predicted octanol–water partition coefficient (Wildman–Crippen LogP) is 4.39. The van der Waals surface area contributed by atoms with Crippen LogP contribution in [-0.4, -0.2) is 10.9 Å². The number of aliphatic hydroxyl groups excluding tert-OH is 1. The molecule has 1 aliphatic heterocycles. The highest BCUT2D eigenvalue weighted by atomic mass is 16.7. The minimum atomic E-state index is -0.533. The van der Waals surface area contributed by atoms with Crippen LogP contribution in [0.25, 0.3) is 0 Å². The molecule has 1 heterocycles. The lowest BCUT2D eigenvalue weighted by molar-refractivity contribution is -0.105. The normalized spacial score (nSPS) is 19.7. The molecule has 0 bridgehead atoms. The Balaban J connectivity index is 1.57. The van der Waals surface area contributed by atoms with Gasteiger partial charge in [0.2, 0.25) is 0 Å². The third-order valence-electron chi connectivity index (χ3n) is 4.86. The molecule has 0 saturated heterocycles. The van der Waals surface area contributed by atoms with Crippen molar-refractivity contribution in [1.29, 1.82) is 0 Å². The number of ether oxygens (including phenoxy) is 2. The van der Waals surface area contributed by atoms with Gasteiger partial charge in [-0.05, 0) is 24.5 Å². The molecule has 2 aromatic rings. The van der Waals surface area contributed by atoms with Crippen molar-refractivity contribution in [3.63, 3.8) is 0 Å². The third-order valence-corrected chi connectivity index (χ3v) is 4.86. The second-order valence-corrected chi connectivity index (χ2v) is 6.55. The van der Waals surface area contributed by atoms with Crippen LogP contribution in [0.1, 0.15) is 49.3 Å². The molecule has 1 fully saturated rings. The highest BCUT2D eigenvalue weighted by Gasteiger charge is 2.43. The van der Waals surface area contributed by atoms with Crippen LogP contribution in [0.15, 0.2) is 48.5 Å². The van der Waals surface area contributed by atoms with Crippen LogP contribution in [0, 0.1) is 0 Å². The van der Waals surface area contributed by atoms with Crippen molar-refractivity contribution in [2.45, 2.75) is 50.4 Å². The first-order chi connectivity index (χ1) is 11.3. The first-order valence-electron chi connectivity index (χ1n) is 8.49. The Bertz CT molecular complexity index is 675. The minimum Gasteiger partial charge on any atom is -0.448 e. The van der Waals surface area contributed by atoms with Gasteiger partial charge in [-0.15, -0.1) is 0 Å². The molecular formula is C20H22O3. The SMILES string of the molecule is O[C@@H](Cc1cccc2c1OC1(CCCCC1)O2)c1ccccc1. The van der Waals surface area contributed by atoms with Gasteiger partial charge >= 0.3 is 0 Å². The Kier molecular flexibility index (Phi) is 3.74. The van der Waals surface area contributed by atoms with Crippen molar-refractivity contribution >= 4 is 0 Å². The van der Waals surface area contributed by atoms with E-state index in [1.54, 1.807) is 0 Å². The fraction of sp³-hybridized carbons (Fsp3) is 0.400. The molecule has 2 aromatic carbocycles. The fourth-order valence-corrected chi connectivity index (χ4v) is 3.62. The zero-order valence-corrected chi connectivity index (χ0v) is 13.2. The number of para-hydroxylation sites is 1. The van der Waals surface area contributed by atoms with Crippen LogP contribution in [0.2, 0.25) is 0 Å². The first-order valence-corrected chi connectivity index (χ1v) is 8.49. The van der Waals surface area contributed by atoms with Gasteiger partial charge in [0, 0.05) is 24.8 Å². The number of aliphatic hydroxyl groups is 1. The lowest BCUT2D eigenvalue weighted by Crippen LogP contribution is -2.40. The zero-order valence-electron chi connectivity index (χ0n) is 13.2. The van der Waals surface area contributed by atoms with Crippen LogP contribution >= 0.6 is 0 Å². The quantitative estimate of drug-likeness (QED) is 0.913. The van der Waals surface area contributed by atoms with Crippen molar-refractivity contribution in [2.75, 3.05) is 0 Å². The molecule has 3 nitrogen and oxygen atoms in total. The highest BCUT2D eigenvalue weighted by Crippen LogP contribution is 2.47. The van der Waals surface area contributed by atoms with E-state index in [0.717, 1.165) is 48.3 Å². The molecule has 1 N–H and O–H groups in total. The summed E-state index contributed by atoms with van der Waals surface area (Å²) in [7, 11) is 0. The molecule has 1 spiro atoms. The van der Waals surface area contributed by atoms with Crippen LogP contribution < -0.4 is 9.47 Å². The number of rotatable bonds is 3. The molecule has 0 radical (unpaired) electrons. The largest absolute Gasteiger partial charge is 0.448 e. The van der Waals surface area contributed by atoms with E-state index in [-0.39, 0.29) is 0 Å². The second kappa shape index (κ2) is 5.89. The summed E-state index contributed by atoms with van der Waals surface area (Å²) in [6.45, 7) is 0. The van der Waals surface area contributed by atoms with Gasteiger partial charge in [0.25, 0.3) is 5.79 Å². The van der Waals surface area contributed by atoms with E-state index in [9.17, 15) is 5.11 Å². The van der Waals surface area contributed by atoms with Crippen molar-refractivity contribution in [1.82, 2.24) is 0 Å². The zero-order chi connectivity index (χ0) is 15.7. The van der Waals surface area contributed by atoms with Crippen molar-refractivity contribution in [3.8, 4) is 11.5 Å². The topological polar surface area (TPSA) is 38.7 Å². The molecule has 0 aromatic heterocycles. The van der Waals surface area contributed by atoms with E-state index < -0.39 is 11.9 Å². The minimum absolute atomic E-state index is 0.464. The van der Waals surface area contributed by atoms with Gasteiger partial charge in [-0.3, -0.25) is 0 Å². The maximum atomic E-state index is 10.5. The van der Waals surface area contributed by atoms with Gasteiger partial charge < -0.3 is 14.6 Å². The molecule has 1 saturated carbocycles. The Hall–Kier alpha value is -2.00. The molecule has 0 unspecified atom stereocenters. The van der Waals surface area contributed by atoms with E-state index in [4.69, 9.17) is 9.47 Å². The van der Waals surface area contributed by atoms with E-state index in [1.807, 2.05) is 48.5 Å². The molecule has 1 aliphatic carbocycles. The molecule has 0 amide bonds. The van der Waals surface area contributed by atoms with Crippen molar-refractivity contribution in [3.05, 3.63) is 59.7 Å². The highest BCUT2D eigenvalue weighted by molar-refractivity contribution is 5.50. The molecular weight excluding hydrogens is 288 g/mol. The summed E-state index contributed by atoms with van der Waals surface area (Å²) in [4.78, 5) is 0. The molecule has 3 heteroatoms. The summed E-state index contributed by atoms with van der Waals surface area (Å²) >= 11 is 0. The number of fused-ring (bicyclic) bond motifs is 1. The Morgan fingerprint density at radius 1 is 0.913 bits per heavy atom. The lowest BCUT2D eigenvalue weighted by Gasteiger charge is -2.31. The molecule has 2 aliphatic rings. The van der Waals surface area contributed by atoms with E-state index in [1.165, 1.54) is 6.42 Å². The maximum absolute atomic E-state index is 10.5. The summed E-state index contributed by atoms with van der Waals surface area (Å²) in [5, 5.41) is 10.5. The summed E-state index contributed by atoms with van der Waals surface area (Å²) < 4.78 is 12.4. The van der Waals surface area contributed by atoms with Gasteiger partial charge in [-0.25, -0.2) is 0 Å². The molecule has 1 atom stereocenters. The van der Waals surface area contributed by atoms with Gasteiger partial charge in [-0.2, -0.15) is 0 Å². The summed E-state index contributed by atoms with van der Waals surface area (Å²) in [6.07, 6.45) is 5.45. The van der Waals surface area contributed by atoms with Gasteiger partial charge in [-0.1, -0.05) is 48.9 Å². The van der Waals surface area contributed by atoms with Crippen molar-refractivity contribution in [2.24, 2.45) is 0 Å². The van der Waals surface area contributed by atoms with Crippen molar-refractivity contribution < 1.29 is 14.6 Å². The fourth-order valence-electron chi connectivity index (χ4n) is 3.62. The summed E-state index contributed by atoms with van der Waals surface area (Å²) in [5.74, 6) is 1.18. The van der Waals surface area contributed by atoms with E-state index in [0.29, 0.717) is 6.42 Å². The average Bonchev–Trinajstić information content (AvgIpc) is 2.95. The van der Waals surface area contributed by atoms with Gasteiger partial charge in [0.15, 0.2) is 11.5 Å². The predicted molar refractivity (Wildman–Crippen MR) is 88.6 cm³/mol. The molecule has 23 heavy (non-hydrogen) atoms. The Labute approximate surface area is 136 Å². The molecule has 4 rings (SSSR count). The summed E-state index contributed by atoms with van der Waals surface area (Å²) in [5.41, 5.74) is 1.94. The van der Waals surface area contributed by atoms with E-state index in [2.05, 4.69) is 0 Å². The Morgan fingerprint density at radius 2 is 1.70 bits per heavy atom. The Morgan fingerprint density at radius 3 is 2.48 bits per heavy atom. The first kappa shape index (κ1) is 14.6. The number of hydrogen-bond acceptors (Lipinski definition) is 3. The average molecular weight is 310 g/mol. The third kappa shape index (κ3) is 2.81. The standard InChI is InChI=1S/C20H22O3/c21-17(15-8-3-1-4-9-15)14-16-10-7-11-18-19(16)23-20(22-18)12-5-2-6-13-20/h1,3-4,7-11,17,21H,2,5-6,12-14H2/t17-/m0/s1. The number of benzene rings is 2. The second-order valence-electron chi connectivity index (χ2n) is 6.55. The van der Waals surface area contributed by atoms with Crippen LogP contribution in [0.3, 0.4) is 0 Å². The maximum Gasteiger partial charge on any atom is 0.251 e. The van der Waals surface area contributed by atoms with Crippen LogP contribution in [0.4, 0.5) is 0 Å². The van der Waals surface area contributed by atoms with Crippen LogP contribution in [0.5, 0.6) is 11.5 Å². The van der Waals surface area contributed by atoms with Crippen LogP contribution in [-0.2, 0) is 6.42 Å². The molecule has 120 valence electrons. The lowest BCUT2D eigenvalue weighted by atomic mass is 9.94. The number of hydrogen-bond donors (Lipinski definition) is 1. The van der Waals surface area contributed by atoms with Gasteiger partial charge in [0.05, 0.1) is 6.10 Å². The summed E-state index contributed by atoms with van der Waals surface area (Å²) in [6, 6.07) is 15.7. The van der Waals surface area contributed by atoms with E-state index >= 15 is 0 Å². The van der Waals surface area contributed by atoms with Gasteiger partial charge in [0.1, 0.15) is 0 Å². The smallest absolute Gasteiger partial charge is 0.251 e. The monoisotopic (exact) mass is 310 g/mol.